The van der Waals surface area contributed by atoms with Crippen LogP contribution in [-0.2, 0) is 5.41 Å². The molecule has 4 aromatic carbocycles. The molecule has 4 aromatic heterocycles. The van der Waals surface area contributed by atoms with Crippen molar-refractivity contribution in [3.05, 3.63) is 175 Å². The van der Waals surface area contributed by atoms with E-state index in [0.29, 0.717) is 5.92 Å². The van der Waals surface area contributed by atoms with Crippen LogP contribution in [0.5, 0.6) is 0 Å². The third-order valence-electron chi connectivity index (χ3n) is 11.1. The Labute approximate surface area is 303 Å². The maximum Gasteiger partial charge on any atom is 0.146 e. The molecule has 10 rings (SSSR count). The van der Waals surface area contributed by atoms with Crippen LogP contribution in [0.1, 0.15) is 37.8 Å². The van der Waals surface area contributed by atoms with Crippen molar-refractivity contribution in [1.29, 1.82) is 0 Å². The number of aromatic nitrogens is 4. The Balaban J connectivity index is 0.981. The maximum absolute atomic E-state index is 5.25. The second-order valence-electron chi connectivity index (χ2n) is 14.6. The van der Waals surface area contributed by atoms with E-state index in [-0.39, 0.29) is 5.41 Å². The third kappa shape index (κ3) is 4.90. The van der Waals surface area contributed by atoms with Gasteiger partial charge in [-0.1, -0.05) is 123 Å². The highest BCUT2D eigenvalue weighted by molar-refractivity contribution is 6.11. The highest BCUT2D eigenvalue weighted by Gasteiger charge is 2.26. The van der Waals surface area contributed by atoms with Crippen molar-refractivity contribution in [3.63, 3.8) is 0 Å². The van der Waals surface area contributed by atoms with Crippen molar-refractivity contribution in [2.24, 2.45) is 5.92 Å². The van der Waals surface area contributed by atoms with E-state index >= 15 is 0 Å². The van der Waals surface area contributed by atoms with Crippen LogP contribution in [-0.4, -0.2) is 18.9 Å². The number of hydrogen-bond acceptors (Lipinski definition) is 2. The molecule has 0 N–H and O–H groups in total. The van der Waals surface area contributed by atoms with E-state index in [2.05, 4.69) is 168 Å². The molecule has 4 nitrogen and oxygen atoms in total. The quantitative estimate of drug-likeness (QED) is 0.183. The minimum atomic E-state index is -0.114. The Morgan fingerprint density at radius 2 is 1.50 bits per heavy atom. The van der Waals surface area contributed by atoms with Crippen LogP contribution >= 0.6 is 0 Å². The number of allylic oxidation sites excluding steroid dienone is 8. The summed E-state index contributed by atoms with van der Waals surface area (Å²) >= 11 is 0. The van der Waals surface area contributed by atoms with Crippen LogP contribution < -0.4 is 0 Å². The largest absolute Gasteiger partial charge is 0.310 e. The molecule has 2 unspecified atom stereocenters. The summed E-state index contributed by atoms with van der Waals surface area (Å²) in [5.74, 6) is 1.44. The van der Waals surface area contributed by atoms with Gasteiger partial charge in [-0.15, -0.1) is 0 Å². The Morgan fingerprint density at radius 1 is 0.712 bits per heavy atom. The fourth-order valence-electron chi connectivity index (χ4n) is 8.26. The Bertz CT molecular complexity index is 2810. The van der Waals surface area contributed by atoms with E-state index < -0.39 is 0 Å². The summed E-state index contributed by atoms with van der Waals surface area (Å²) in [5.41, 5.74) is 12.6. The first-order valence-electron chi connectivity index (χ1n) is 18.3. The molecule has 0 bridgehead atoms. The predicted molar refractivity (Wildman–Crippen MR) is 217 cm³/mol. The molecule has 4 heterocycles. The fourth-order valence-corrected chi connectivity index (χ4v) is 8.26. The molecule has 0 fully saturated rings. The molecule has 52 heavy (non-hydrogen) atoms. The molecule has 2 aliphatic rings. The maximum atomic E-state index is 5.25. The van der Waals surface area contributed by atoms with Crippen LogP contribution in [0.3, 0.4) is 0 Å². The van der Waals surface area contributed by atoms with E-state index in [9.17, 15) is 0 Å². The zero-order valence-corrected chi connectivity index (χ0v) is 29.4. The van der Waals surface area contributed by atoms with Crippen molar-refractivity contribution in [1.82, 2.24) is 18.9 Å². The highest BCUT2D eigenvalue weighted by atomic mass is 15.1. The van der Waals surface area contributed by atoms with Gasteiger partial charge >= 0.3 is 0 Å². The van der Waals surface area contributed by atoms with Gasteiger partial charge in [-0.2, -0.15) is 0 Å². The van der Waals surface area contributed by atoms with Crippen LogP contribution in [0, 0.1) is 5.92 Å². The number of rotatable bonds is 5. The molecule has 250 valence electrons. The fraction of sp³-hybridized carbons (Fsp3) is 0.125. The SMILES string of the molecule is CC1C=C(n2c3ccccc3c3cc(C4=CCC(C)(c5ccc(-c6nc(-c7ccccc7)c7ccc8cccnc8n67)cc5)C=C4)ccc32)C=CC1. The third-order valence-corrected chi connectivity index (χ3v) is 11.1. The van der Waals surface area contributed by atoms with Crippen molar-refractivity contribution in [2.45, 2.75) is 32.1 Å². The molecule has 4 heteroatoms. The molecule has 2 atom stereocenters. The minimum Gasteiger partial charge on any atom is -0.310 e. The summed E-state index contributed by atoms with van der Waals surface area (Å²) < 4.78 is 4.64. The first kappa shape index (κ1) is 30.6. The first-order valence-corrected chi connectivity index (χ1v) is 18.3. The summed E-state index contributed by atoms with van der Waals surface area (Å²) in [5, 5.41) is 3.68. The van der Waals surface area contributed by atoms with Crippen molar-refractivity contribution < 1.29 is 0 Å². The summed E-state index contributed by atoms with van der Waals surface area (Å²) in [6, 6.07) is 43.6. The number of pyridine rings is 2. The molecule has 0 saturated carbocycles. The Hall–Kier alpha value is -6.26. The number of imidazole rings is 1. The molecular weight excluding hydrogens is 633 g/mol. The zero-order chi connectivity index (χ0) is 34.8. The lowest BCUT2D eigenvalue weighted by atomic mass is 9.75. The minimum absolute atomic E-state index is 0.114. The van der Waals surface area contributed by atoms with E-state index in [1.54, 1.807) is 0 Å². The molecule has 0 amide bonds. The van der Waals surface area contributed by atoms with Crippen LogP contribution in [0.2, 0.25) is 0 Å². The van der Waals surface area contributed by atoms with Gasteiger partial charge in [-0.3, -0.25) is 4.40 Å². The van der Waals surface area contributed by atoms with E-state index in [1.165, 1.54) is 44.2 Å². The van der Waals surface area contributed by atoms with Crippen molar-refractivity contribution in [3.8, 4) is 22.6 Å². The lowest BCUT2D eigenvalue weighted by molar-refractivity contribution is 0.601. The predicted octanol–water partition coefficient (Wildman–Crippen LogP) is 12.1. The van der Waals surface area contributed by atoms with Crippen molar-refractivity contribution >= 4 is 49.6 Å². The number of hydrogen-bond donors (Lipinski definition) is 0. The van der Waals surface area contributed by atoms with Gasteiger partial charge in [0.15, 0.2) is 0 Å². The van der Waals surface area contributed by atoms with E-state index in [1.807, 2.05) is 18.3 Å². The second-order valence-corrected chi connectivity index (χ2v) is 14.6. The van der Waals surface area contributed by atoms with Gasteiger partial charge in [-0.05, 0) is 84.0 Å². The van der Waals surface area contributed by atoms with Gasteiger partial charge in [0, 0.05) is 44.6 Å². The van der Waals surface area contributed by atoms with E-state index in [4.69, 9.17) is 9.97 Å². The summed E-state index contributed by atoms with van der Waals surface area (Å²) in [6.07, 6.45) is 18.0. The lowest BCUT2D eigenvalue weighted by Gasteiger charge is -2.29. The average molecular weight is 671 g/mol. The summed E-state index contributed by atoms with van der Waals surface area (Å²) in [6.45, 7) is 4.63. The topological polar surface area (TPSA) is 35.1 Å². The summed E-state index contributed by atoms with van der Waals surface area (Å²) in [7, 11) is 0. The first-order chi connectivity index (χ1) is 25.5. The molecule has 0 spiro atoms. The Morgan fingerprint density at radius 3 is 2.33 bits per heavy atom. The number of para-hydroxylation sites is 1. The molecule has 0 aliphatic heterocycles. The number of nitrogens with zero attached hydrogens (tertiary/aromatic N) is 4. The zero-order valence-electron chi connectivity index (χ0n) is 29.4. The number of fused-ring (bicyclic) bond motifs is 6. The molecule has 2 aliphatic carbocycles. The normalized spacial score (nSPS) is 18.8. The highest BCUT2D eigenvalue weighted by Crippen LogP contribution is 2.40. The van der Waals surface area contributed by atoms with Crippen LogP contribution in [0.4, 0.5) is 0 Å². The molecule has 0 saturated heterocycles. The summed E-state index contributed by atoms with van der Waals surface area (Å²) in [4.78, 5) is 10.0. The van der Waals surface area contributed by atoms with Gasteiger partial charge in [-0.25, -0.2) is 9.97 Å². The van der Waals surface area contributed by atoms with E-state index in [0.717, 1.165) is 52.0 Å². The van der Waals surface area contributed by atoms with Crippen LogP contribution in [0.25, 0.3) is 72.3 Å². The standard InChI is InChI=1S/C48H38N4/c1-32-10-8-14-39(30-32)51-42-16-7-6-15-40(42)41-31-37(20-23-43(41)51)33-25-27-48(2,28-26-33)38-21-17-36(18-22-38)47-50-45(34-11-4-3-5-12-34)44-24-19-35-13-9-29-49-46(35)52(44)47/h3-9,11-27,29-32H,10,28H2,1-2H3. The van der Waals surface area contributed by atoms with Gasteiger partial charge in [0.1, 0.15) is 11.5 Å². The monoisotopic (exact) mass is 670 g/mol. The Kier molecular flexibility index (Phi) is 7.00. The molecule has 8 aromatic rings. The molecule has 0 radical (unpaired) electrons. The van der Waals surface area contributed by atoms with Gasteiger partial charge < -0.3 is 4.57 Å². The van der Waals surface area contributed by atoms with Crippen LogP contribution in [0.15, 0.2) is 164 Å². The van der Waals surface area contributed by atoms with Gasteiger partial charge in [0.05, 0.1) is 22.2 Å². The second kappa shape index (κ2) is 11.9. The molecular formula is C48H38N4. The van der Waals surface area contributed by atoms with Gasteiger partial charge in [0.2, 0.25) is 0 Å². The average Bonchev–Trinajstić information content (AvgIpc) is 3.75. The van der Waals surface area contributed by atoms with Crippen molar-refractivity contribution in [2.75, 3.05) is 0 Å². The number of benzene rings is 4. The smallest absolute Gasteiger partial charge is 0.146 e. The lowest BCUT2D eigenvalue weighted by Crippen LogP contribution is -2.20. The van der Waals surface area contributed by atoms with Gasteiger partial charge in [0.25, 0.3) is 0 Å².